The van der Waals surface area contributed by atoms with Gasteiger partial charge in [0.2, 0.25) is 5.43 Å². The number of nitrogens with one attached hydrogen (secondary N) is 1. The fraction of sp³-hybridized carbons (Fsp3) is 0.286. The normalized spacial score (nSPS) is 10.8. The van der Waals surface area contributed by atoms with E-state index in [1.54, 1.807) is 0 Å². The van der Waals surface area contributed by atoms with Gasteiger partial charge >= 0.3 is 0 Å². The van der Waals surface area contributed by atoms with Gasteiger partial charge in [0, 0.05) is 11.8 Å². The predicted octanol–water partition coefficient (Wildman–Crippen LogP) is 1.76. The number of aromatic amines is 1. The van der Waals surface area contributed by atoms with Crippen molar-refractivity contribution in [3.05, 3.63) is 33.5 Å². The standard InChI is InChI=1S/C7H6F3NO/c1-3-2-11-5(7(9)10)4(8)6(3)12/h2,7H,1H3,(H,11,12). The third-order valence-electron chi connectivity index (χ3n) is 1.46. The summed E-state index contributed by atoms with van der Waals surface area (Å²) in [5.74, 6) is -1.40. The Bertz CT molecular complexity index is 345. The number of H-pyrrole nitrogens is 1. The van der Waals surface area contributed by atoms with Crippen molar-refractivity contribution in [2.45, 2.75) is 13.3 Å². The van der Waals surface area contributed by atoms with E-state index in [4.69, 9.17) is 0 Å². The lowest BCUT2D eigenvalue weighted by Gasteiger charge is -2.01. The van der Waals surface area contributed by atoms with Gasteiger partial charge in [0.1, 0.15) is 5.69 Å². The average Bonchev–Trinajstić information content (AvgIpc) is 2.00. The zero-order valence-corrected chi connectivity index (χ0v) is 6.20. The maximum atomic E-state index is 12.7. The molecule has 0 fully saturated rings. The van der Waals surface area contributed by atoms with Gasteiger partial charge in [0.05, 0.1) is 0 Å². The highest BCUT2D eigenvalue weighted by Gasteiger charge is 2.16. The van der Waals surface area contributed by atoms with E-state index in [-0.39, 0.29) is 5.56 Å². The zero-order valence-electron chi connectivity index (χ0n) is 6.20. The SMILES string of the molecule is Cc1c[nH]c(C(F)F)c(F)c1=O. The smallest absolute Gasteiger partial charge is 0.281 e. The molecule has 0 saturated carbocycles. The summed E-state index contributed by atoms with van der Waals surface area (Å²) in [6.07, 6.45) is -1.93. The minimum Gasteiger partial charge on any atom is -0.357 e. The molecule has 12 heavy (non-hydrogen) atoms. The van der Waals surface area contributed by atoms with Crippen LogP contribution in [0.3, 0.4) is 0 Å². The molecular weight excluding hydrogens is 171 g/mol. The van der Waals surface area contributed by atoms with Crippen molar-refractivity contribution >= 4 is 0 Å². The van der Waals surface area contributed by atoms with Crippen molar-refractivity contribution in [1.29, 1.82) is 0 Å². The van der Waals surface area contributed by atoms with Crippen LogP contribution in [0.1, 0.15) is 17.7 Å². The first kappa shape index (κ1) is 8.83. The first-order valence-corrected chi connectivity index (χ1v) is 3.20. The van der Waals surface area contributed by atoms with Crippen LogP contribution in [-0.2, 0) is 0 Å². The van der Waals surface area contributed by atoms with Crippen LogP contribution in [-0.4, -0.2) is 4.98 Å². The molecule has 0 aliphatic carbocycles. The summed E-state index contributed by atoms with van der Waals surface area (Å²) in [6, 6.07) is 0. The first-order chi connectivity index (χ1) is 5.54. The topological polar surface area (TPSA) is 32.9 Å². The molecule has 2 nitrogen and oxygen atoms in total. The molecule has 1 rings (SSSR count). The minimum absolute atomic E-state index is 0.0805. The van der Waals surface area contributed by atoms with Gasteiger partial charge in [-0.25, -0.2) is 13.2 Å². The number of hydrogen-bond acceptors (Lipinski definition) is 1. The largest absolute Gasteiger partial charge is 0.357 e. The highest BCUT2D eigenvalue weighted by Crippen LogP contribution is 2.16. The molecule has 0 aromatic carbocycles. The van der Waals surface area contributed by atoms with Crippen molar-refractivity contribution in [2.75, 3.05) is 0 Å². The number of aromatic nitrogens is 1. The summed E-state index contributed by atoms with van der Waals surface area (Å²) in [5.41, 5.74) is -1.86. The summed E-state index contributed by atoms with van der Waals surface area (Å²) < 4.78 is 36.5. The minimum atomic E-state index is -2.99. The Morgan fingerprint density at radius 2 is 2.08 bits per heavy atom. The molecule has 0 atom stereocenters. The molecule has 0 bridgehead atoms. The van der Waals surface area contributed by atoms with Gasteiger partial charge in [-0.15, -0.1) is 0 Å². The summed E-state index contributed by atoms with van der Waals surface area (Å²) in [5, 5.41) is 0. The van der Waals surface area contributed by atoms with Crippen LogP contribution in [0.15, 0.2) is 11.0 Å². The third-order valence-corrected chi connectivity index (χ3v) is 1.46. The molecule has 66 valence electrons. The molecule has 0 aliphatic heterocycles. The molecule has 1 aromatic rings. The highest BCUT2D eigenvalue weighted by atomic mass is 19.3. The summed E-state index contributed by atoms with van der Waals surface area (Å²) in [7, 11) is 0. The van der Waals surface area contributed by atoms with E-state index >= 15 is 0 Å². The van der Waals surface area contributed by atoms with Gasteiger partial charge in [0.15, 0.2) is 5.82 Å². The Morgan fingerprint density at radius 3 is 2.58 bits per heavy atom. The van der Waals surface area contributed by atoms with Crippen molar-refractivity contribution in [1.82, 2.24) is 4.98 Å². The highest BCUT2D eigenvalue weighted by molar-refractivity contribution is 5.15. The molecule has 0 unspecified atom stereocenters. The molecule has 5 heteroatoms. The van der Waals surface area contributed by atoms with E-state index in [1.165, 1.54) is 6.92 Å². The fourth-order valence-corrected chi connectivity index (χ4v) is 0.769. The van der Waals surface area contributed by atoms with Gasteiger partial charge in [-0.2, -0.15) is 0 Å². The molecular formula is C7H6F3NO. The lowest BCUT2D eigenvalue weighted by atomic mass is 10.2. The van der Waals surface area contributed by atoms with Crippen molar-refractivity contribution < 1.29 is 13.2 Å². The van der Waals surface area contributed by atoms with Crippen LogP contribution in [0.5, 0.6) is 0 Å². The number of hydrogen-bond donors (Lipinski definition) is 1. The van der Waals surface area contributed by atoms with E-state index in [0.717, 1.165) is 6.20 Å². The zero-order chi connectivity index (χ0) is 9.30. The predicted molar refractivity (Wildman–Crippen MR) is 36.7 cm³/mol. The molecule has 1 N–H and O–H groups in total. The van der Waals surface area contributed by atoms with Crippen LogP contribution in [0.4, 0.5) is 13.2 Å². The van der Waals surface area contributed by atoms with Crippen molar-refractivity contribution in [3.8, 4) is 0 Å². The summed E-state index contributed by atoms with van der Waals surface area (Å²) in [4.78, 5) is 12.8. The van der Waals surface area contributed by atoms with Gasteiger partial charge in [0.25, 0.3) is 6.43 Å². The number of alkyl halides is 2. The van der Waals surface area contributed by atoms with Crippen LogP contribution in [0.2, 0.25) is 0 Å². The quantitative estimate of drug-likeness (QED) is 0.696. The summed E-state index contributed by atoms with van der Waals surface area (Å²) >= 11 is 0. The molecule has 1 heterocycles. The van der Waals surface area contributed by atoms with Gasteiger partial charge in [-0.05, 0) is 6.92 Å². The van der Waals surface area contributed by atoms with E-state index in [0.29, 0.717) is 0 Å². The number of aryl methyl sites for hydroxylation is 1. The van der Waals surface area contributed by atoms with Crippen LogP contribution in [0.25, 0.3) is 0 Å². The Hall–Kier alpha value is -1.26. The second-order valence-electron chi connectivity index (χ2n) is 2.33. The van der Waals surface area contributed by atoms with Crippen molar-refractivity contribution in [2.24, 2.45) is 0 Å². The molecule has 1 aromatic heterocycles. The lowest BCUT2D eigenvalue weighted by Crippen LogP contribution is -2.14. The van der Waals surface area contributed by atoms with E-state index < -0.39 is 23.4 Å². The van der Waals surface area contributed by atoms with Crippen LogP contribution >= 0.6 is 0 Å². The first-order valence-electron chi connectivity index (χ1n) is 3.20. The second-order valence-corrected chi connectivity index (χ2v) is 2.33. The molecule has 0 saturated heterocycles. The lowest BCUT2D eigenvalue weighted by molar-refractivity contribution is 0.140. The maximum absolute atomic E-state index is 12.7. The van der Waals surface area contributed by atoms with Gasteiger partial charge in [-0.1, -0.05) is 0 Å². The van der Waals surface area contributed by atoms with E-state index in [9.17, 15) is 18.0 Å². The number of rotatable bonds is 1. The van der Waals surface area contributed by atoms with E-state index in [2.05, 4.69) is 0 Å². The Morgan fingerprint density at radius 1 is 1.50 bits per heavy atom. The molecule has 0 radical (unpaired) electrons. The maximum Gasteiger partial charge on any atom is 0.281 e. The third kappa shape index (κ3) is 1.34. The van der Waals surface area contributed by atoms with Crippen LogP contribution in [0, 0.1) is 12.7 Å². The summed E-state index contributed by atoms with van der Waals surface area (Å²) in [6.45, 7) is 1.34. The number of pyridine rings is 1. The molecule has 0 spiro atoms. The molecule has 0 aliphatic rings. The van der Waals surface area contributed by atoms with Crippen LogP contribution < -0.4 is 5.43 Å². The van der Waals surface area contributed by atoms with Crippen molar-refractivity contribution in [3.63, 3.8) is 0 Å². The fourth-order valence-electron chi connectivity index (χ4n) is 0.769. The Balaban J connectivity index is 3.37. The number of halogens is 3. The van der Waals surface area contributed by atoms with Gasteiger partial charge < -0.3 is 4.98 Å². The Kier molecular flexibility index (Phi) is 2.21. The Labute approximate surface area is 66.0 Å². The second kappa shape index (κ2) is 3.00. The van der Waals surface area contributed by atoms with E-state index in [1.807, 2.05) is 4.98 Å². The molecule has 0 amide bonds. The average molecular weight is 177 g/mol. The monoisotopic (exact) mass is 177 g/mol. The van der Waals surface area contributed by atoms with Gasteiger partial charge in [-0.3, -0.25) is 4.79 Å².